The number of pyridine rings is 1. The molecule has 1 aliphatic rings. The summed E-state index contributed by atoms with van der Waals surface area (Å²) >= 11 is 0. The number of nitrogens with two attached hydrogens (primary N) is 1. The number of carbonyl (C=O) groups is 1. The molecule has 1 aromatic heterocycles. The second kappa shape index (κ2) is 4.00. The third-order valence-electron chi connectivity index (χ3n) is 2.75. The molecular formula is C11H15N3O2. The van der Waals surface area contributed by atoms with E-state index in [4.69, 9.17) is 5.73 Å². The second-order valence-electron chi connectivity index (χ2n) is 4.09. The van der Waals surface area contributed by atoms with E-state index in [1.807, 2.05) is 0 Å². The number of nitrogens with zero attached hydrogens (tertiary/aromatic N) is 1. The number of hydrogen-bond acceptors (Lipinski definition) is 5. The van der Waals surface area contributed by atoms with Crippen LogP contribution < -0.4 is 11.1 Å². The van der Waals surface area contributed by atoms with Gasteiger partial charge in [0.25, 0.3) is 0 Å². The minimum atomic E-state index is -0.452. The smallest absolute Gasteiger partial charge is 0.356 e. The molecule has 0 aromatic carbocycles. The normalized spacial score (nSPS) is 22.6. The summed E-state index contributed by atoms with van der Waals surface area (Å²) in [5.41, 5.74) is 6.59. The Morgan fingerprint density at radius 2 is 2.31 bits per heavy atom. The van der Waals surface area contributed by atoms with Crippen LogP contribution >= 0.6 is 0 Å². The summed E-state index contributed by atoms with van der Waals surface area (Å²) in [7, 11) is 1.33. The van der Waals surface area contributed by atoms with Gasteiger partial charge in [-0.3, -0.25) is 0 Å². The number of ether oxygens (including phenoxy) is 1. The van der Waals surface area contributed by atoms with Gasteiger partial charge in [0, 0.05) is 6.04 Å². The number of nitrogen functional groups attached to an aromatic ring is 1. The van der Waals surface area contributed by atoms with Gasteiger partial charge in [-0.2, -0.15) is 0 Å². The lowest BCUT2D eigenvalue weighted by molar-refractivity contribution is 0.0594. The Balaban J connectivity index is 2.19. The molecule has 5 heteroatoms. The summed E-state index contributed by atoms with van der Waals surface area (Å²) in [5.74, 6) is 0.757. The van der Waals surface area contributed by atoms with Crippen LogP contribution in [0.25, 0.3) is 0 Å². The lowest BCUT2D eigenvalue weighted by Gasteiger charge is -2.08. The summed E-state index contributed by atoms with van der Waals surface area (Å²) in [6.07, 6.45) is 1.11. The molecule has 0 bridgehead atoms. The lowest BCUT2D eigenvalue weighted by atomic mass is 10.3. The van der Waals surface area contributed by atoms with E-state index in [9.17, 15) is 4.79 Å². The predicted molar refractivity (Wildman–Crippen MR) is 61.2 cm³/mol. The molecule has 0 spiro atoms. The van der Waals surface area contributed by atoms with E-state index in [-0.39, 0.29) is 5.69 Å². The summed E-state index contributed by atoms with van der Waals surface area (Å²) < 4.78 is 4.60. The first kappa shape index (κ1) is 10.7. The summed E-state index contributed by atoms with van der Waals surface area (Å²) in [5, 5.41) is 3.21. The number of carbonyl (C=O) groups excluding carboxylic acids is 1. The molecular weight excluding hydrogens is 206 g/mol. The number of hydrogen-bond donors (Lipinski definition) is 2. The van der Waals surface area contributed by atoms with Gasteiger partial charge in [-0.25, -0.2) is 9.78 Å². The number of aromatic nitrogens is 1. The van der Waals surface area contributed by atoms with E-state index in [0.717, 1.165) is 6.42 Å². The number of anilines is 2. The predicted octanol–water partition coefficient (Wildman–Crippen LogP) is 1.27. The van der Waals surface area contributed by atoms with E-state index in [1.165, 1.54) is 7.11 Å². The van der Waals surface area contributed by atoms with Gasteiger partial charge in [0.2, 0.25) is 0 Å². The summed E-state index contributed by atoms with van der Waals surface area (Å²) in [4.78, 5) is 15.4. The van der Waals surface area contributed by atoms with Gasteiger partial charge in [-0.05, 0) is 24.5 Å². The highest BCUT2D eigenvalue weighted by Gasteiger charge is 2.33. The van der Waals surface area contributed by atoms with Crippen LogP contribution in [0.2, 0.25) is 0 Å². The zero-order valence-corrected chi connectivity index (χ0v) is 9.36. The quantitative estimate of drug-likeness (QED) is 0.751. The maximum Gasteiger partial charge on any atom is 0.356 e. The first-order valence-electron chi connectivity index (χ1n) is 5.23. The number of esters is 1. The highest BCUT2D eigenvalue weighted by molar-refractivity contribution is 5.88. The molecule has 1 fully saturated rings. The van der Waals surface area contributed by atoms with Crippen LogP contribution in [-0.2, 0) is 4.74 Å². The van der Waals surface area contributed by atoms with Crippen molar-refractivity contribution in [3.63, 3.8) is 0 Å². The molecule has 0 radical (unpaired) electrons. The average molecular weight is 221 g/mol. The summed E-state index contributed by atoms with van der Waals surface area (Å²) in [6.45, 7) is 2.15. The van der Waals surface area contributed by atoms with Gasteiger partial charge in [-0.15, -0.1) is 0 Å². The fourth-order valence-corrected chi connectivity index (χ4v) is 1.50. The van der Waals surface area contributed by atoms with Crippen molar-refractivity contribution in [2.75, 3.05) is 18.2 Å². The Morgan fingerprint density at radius 3 is 2.88 bits per heavy atom. The van der Waals surface area contributed by atoms with E-state index >= 15 is 0 Å². The van der Waals surface area contributed by atoms with Crippen LogP contribution in [0.1, 0.15) is 23.8 Å². The SMILES string of the molecule is COC(=O)c1ccc(N)c(NC2CC2C)n1. The third-order valence-corrected chi connectivity index (χ3v) is 2.75. The van der Waals surface area contributed by atoms with E-state index in [1.54, 1.807) is 12.1 Å². The molecule has 0 aliphatic heterocycles. The van der Waals surface area contributed by atoms with E-state index in [0.29, 0.717) is 23.5 Å². The van der Waals surface area contributed by atoms with Gasteiger partial charge < -0.3 is 15.8 Å². The average Bonchev–Trinajstić information content (AvgIpc) is 2.96. The minimum absolute atomic E-state index is 0.271. The molecule has 16 heavy (non-hydrogen) atoms. The van der Waals surface area contributed by atoms with Gasteiger partial charge >= 0.3 is 5.97 Å². The Morgan fingerprint density at radius 1 is 1.62 bits per heavy atom. The Hall–Kier alpha value is -1.78. The Bertz CT molecular complexity index is 420. The number of rotatable bonds is 3. The third kappa shape index (κ3) is 2.08. The molecule has 5 nitrogen and oxygen atoms in total. The van der Waals surface area contributed by atoms with Crippen LogP contribution in [0.4, 0.5) is 11.5 Å². The molecule has 3 N–H and O–H groups in total. The molecule has 0 amide bonds. The van der Waals surface area contributed by atoms with Crippen molar-refractivity contribution in [1.82, 2.24) is 4.98 Å². The van der Waals surface area contributed by atoms with Gasteiger partial charge in [-0.1, -0.05) is 6.92 Å². The van der Waals surface area contributed by atoms with Crippen molar-refractivity contribution in [3.05, 3.63) is 17.8 Å². The van der Waals surface area contributed by atoms with Crippen molar-refractivity contribution in [3.8, 4) is 0 Å². The maximum absolute atomic E-state index is 11.3. The highest BCUT2D eigenvalue weighted by atomic mass is 16.5. The molecule has 1 aliphatic carbocycles. The number of nitrogens with one attached hydrogen (secondary N) is 1. The largest absolute Gasteiger partial charge is 0.464 e. The zero-order chi connectivity index (χ0) is 11.7. The van der Waals surface area contributed by atoms with E-state index < -0.39 is 5.97 Å². The molecule has 2 unspecified atom stereocenters. The first-order valence-corrected chi connectivity index (χ1v) is 5.23. The molecule has 1 aromatic rings. The molecule has 0 saturated heterocycles. The lowest BCUT2D eigenvalue weighted by Crippen LogP contribution is -2.11. The van der Waals surface area contributed by atoms with Crippen LogP contribution in [-0.4, -0.2) is 24.1 Å². The summed E-state index contributed by atoms with van der Waals surface area (Å²) in [6, 6.07) is 3.64. The van der Waals surface area contributed by atoms with Crippen molar-refractivity contribution < 1.29 is 9.53 Å². The Kier molecular flexibility index (Phi) is 2.68. The highest BCUT2D eigenvalue weighted by Crippen LogP contribution is 2.33. The van der Waals surface area contributed by atoms with Crippen LogP contribution in [0.3, 0.4) is 0 Å². The van der Waals surface area contributed by atoms with Gasteiger partial charge in [0.15, 0.2) is 5.69 Å². The molecule has 86 valence electrons. The zero-order valence-electron chi connectivity index (χ0n) is 9.36. The Labute approximate surface area is 94.0 Å². The molecule has 2 rings (SSSR count). The monoisotopic (exact) mass is 221 g/mol. The maximum atomic E-state index is 11.3. The standard InChI is InChI=1S/C11H15N3O2/c1-6-5-9(6)14-10-7(12)3-4-8(13-10)11(15)16-2/h3-4,6,9H,5,12H2,1-2H3,(H,13,14). The second-order valence-corrected chi connectivity index (χ2v) is 4.09. The fourth-order valence-electron chi connectivity index (χ4n) is 1.50. The minimum Gasteiger partial charge on any atom is -0.464 e. The van der Waals surface area contributed by atoms with E-state index in [2.05, 4.69) is 22.0 Å². The van der Waals surface area contributed by atoms with Crippen molar-refractivity contribution in [2.45, 2.75) is 19.4 Å². The van der Waals surface area contributed by atoms with Crippen LogP contribution in [0, 0.1) is 5.92 Å². The van der Waals surface area contributed by atoms with Crippen LogP contribution in [0.15, 0.2) is 12.1 Å². The van der Waals surface area contributed by atoms with Crippen LogP contribution in [0.5, 0.6) is 0 Å². The topological polar surface area (TPSA) is 77.2 Å². The van der Waals surface area contributed by atoms with Crippen molar-refractivity contribution >= 4 is 17.5 Å². The fraction of sp³-hybridized carbons (Fsp3) is 0.455. The van der Waals surface area contributed by atoms with Crippen molar-refractivity contribution in [1.29, 1.82) is 0 Å². The van der Waals surface area contributed by atoms with Gasteiger partial charge in [0.1, 0.15) is 5.82 Å². The molecule has 1 heterocycles. The molecule has 2 atom stereocenters. The van der Waals surface area contributed by atoms with Gasteiger partial charge in [0.05, 0.1) is 12.8 Å². The first-order chi connectivity index (χ1) is 7.61. The molecule has 1 saturated carbocycles. The number of methoxy groups -OCH3 is 1. The van der Waals surface area contributed by atoms with Crippen molar-refractivity contribution in [2.24, 2.45) is 5.92 Å².